The second-order valence-corrected chi connectivity index (χ2v) is 2.65. The van der Waals surface area contributed by atoms with Crippen LogP contribution in [0, 0.1) is 0 Å². The quantitative estimate of drug-likeness (QED) is 0.446. The summed E-state index contributed by atoms with van der Waals surface area (Å²) < 4.78 is 15.1. The van der Waals surface area contributed by atoms with Gasteiger partial charge in [0.15, 0.2) is 0 Å². The Hall–Kier alpha value is -0.610. The zero-order chi connectivity index (χ0) is 8.65. The van der Waals surface area contributed by atoms with Crippen LogP contribution in [0.5, 0.6) is 0 Å². The second-order valence-electron chi connectivity index (χ2n) is 2.65. The lowest BCUT2D eigenvalue weighted by molar-refractivity contribution is -0.131. The molecule has 0 aromatic rings. The van der Waals surface area contributed by atoms with Gasteiger partial charge in [0.25, 0.3) is 6.47 Å². The predicted octanol–water partition coefficient (Wildman–Crippen LogP) is 0.355. The fourth-order valence-corrected chi connectivity index (χ4v) is 1.15. The molecule has 4 heteroatoms. The van der Waals surface area contributed by atoms with Crippen molar-refractivity contribution in [2.24, 2.45) is 0 Å². The first-order valence-corrected chi connectivity index (χ1v) is 4.18. The van der Waals surface area contributed by atoms with E-state index < -0.39 is 0 Å². The third-order valence-corrected chi connectivity index (χ3v) is 1.79. The molecule has 0 bridgehead atoms. The van der Waals surface area contributed by atoms with Crippen molar-refractivity contribution in [1.82, 2.24) is 0 Å². The van der Waals surface area contributed by atoms with Crippen LogP contribution in [0.2, 0.25) is 0 Å². The molecule has 12 heavy (non-hydrogen) atoms. The van der Waals surface area contributed by atoms with Crippen molar-refractivity contribution in [3.05, 3.63) is 0 Å². The van der Waals surface area contributed by atoms with Crippen molar-refractivity contribution in [2.75, 3.05) is 26.4 Å². The fourth-order valence-electron chi connectivity index (χ4n) is 1.15. The summed E-state index contributed by atoms with van der Waals surface area (Å²) in [5.41, 5.74) is 0. The van der Waals surface area contributed by atoms with E-state index >= 15 is 0 Å². The Bertz CT molecular complexity index is 120. The van der Waals surface area contributed by atoms with Crippen molar-refractivity contribution >= 4 is 6.47 Å². The highest BCUT2D eigenvalue weighted by atomic mass is 16.6. The molecule has 4 nitrogen and oxygen atoms in total. The van der Waals surface area contributed by atoms with Crippen LogP contribution in [0.4, 0.5) is 0 Å². The Kier molecular flexibility index (Phi) is 4.71. The minimum atomic E-state index is 0.286. The smallest absolute Gasteiger partial charge is 0.293 e. The number of rotatable bonds is 5. The minimum Gasteiger partial charge on any atom is -0.465 e. The molecule has 0 aliphatic carbocycles. The maximum Gasteiger partial charge on any atom is 0.293 e. The molecule has 1 fully saturated rings. The van der Waals surface area contributed by atoms with E-state index in [4.69, 9.17) is 9.47 Å². The summed E-state index contributed by atoms with van der Waals surface area (Å²) >= 11 is 0. The highest BCUT2D eigenvalue weighted by Gasteiger charge is 2.13. The number of ether oxygens (including phenoxy) is 3. The van der Waals surface area contributed by atoms with Crippen LogP contribution in [-0.4, -0.2) is 39.0 Å². The van der Waals surface area contributed by atoms with Crippen molar-refractivity contribution in [3.8, 4) is 0 Å². The minimum absolute atomic E-state index is 0.286. The molecule has 0 saturated carbocycles. The standard InChI is InChI=1S/C8H14O4/c9-7-11-5-6-12-8-1-3-10-4-2-8/h7-8H,1-6H2. The van der Waals surface area contributed by atoms with E-state index in [-0.39, 0.29) is 6.10 Å². The van der Waals surface area contributed by atoms with E-state index in [9.17, 15) is 4.79 Å². The van der Waals surface area contributed by atoms with E-state index in [2.05, 4.69) is 4.74 Å². The first-order chi connectivity index (χ1) is 5.93. The number of hydrogen-bond acceptors (Lipinski definition) is 4. The summed E-state index contributed by atoms with van der Waals surface area (Å²) in [5, 5.41) is 0. The molecular weight excluding hydrogens is 160 g/mol. The largest absolute Gasteiger partial charge is 0.465 e. The Morgan fingerprint density at radius 1 is 1.33 bits per heavy atom. The first kappa shape index (κ1) is 9.48. The summed E-state index contributed by atoms with van der Waals surface area (Å²) in [6, 6.07) is 0. The maximum atomic E-state index is 9.76. The molecule has 1 saturated heterocycles. The van der Waals surface area contributed by atoms with Gasteiger partial charge in [0.1, 0.15) is 6.61 Å². The van der Waals surface area contributed by atoms with Crippen molar-refractivity contribution < 1.29 is 19.0 Å². The molecule has 0 spiro atoms. The van der Waals surface area contributed by atoms with Crippen LogP contribution < -0.4 is 0 Å². The summed E-state index contributed by atoms with van der Waals surface area (Å²) in [7, 11) is 0. The second kappa shape index (κ2) is 5.97. The Balaban J connectivity index is 1.94. The van der Waals surface area contributed by atoms with Crippen LogP contribution in [0.3, 0.4) is 0 Å². The molecule has 1 aliphatic rings. The van der Waals surface area contributed by atoms with Gasteiger partial charge in [-0.15, -0.1) is 0 Å². The van der Waals surface area contributed by atoms with E-state index in [1.807, 2.05) is 0 Å². The average Bonchev–Trinajstić information content (AvgIpc) is 2.14. The van der Waals surface area contributed by atoms with Crippen molar-refractivity contribution in [3.63, 3.8) is 0 Å². The van der Waals surface area contributed by atoms with E-state index in [1.54, 1.807) is 0 Å². The Morgan fingerprint density at radius 3 is 2.75 bits per heavy atom. The van der Waals surface area contributed by atoms with Gasteiger partial charge < -0.3 is 14.2 Å². The predicted molar refractivity (Wildman–Crippen MR) is 41.8 cm³/mol. The summed E-state index contributed by atoms with van der Waals surface area (Å²) in [5.74, 6) is 0. The van der Waals surface area contributed by atoms with Gasteiger partial charge in [-0.05, 0) is 12.8 Å². The van der Waals surface area contributed by atoms with Gasteiger partial charge in [-0.25, -0.2) is 0 Å². The number of hydrogen-bond donors (Lipinski definition) is 0. The summed E-state index contributed by atoms with van der Waals surface area (Å²) in [6.07, 6.45) is 2.18. The molecule has 1 rings (SSSR count). The molecular formula is C8H14O4. The van der Waals surface area contributed by atoms with Crippen LogP contribution in [-0.2, 0) is 19.0 Å². The maximum absolute atomic E-state index is 9.76. The molecule has 1 heterocycles. The number of carbonyl (C=O) groups is 1. The molecule has 0 unspecified atom stereocenters. The van der Waals surface area contributed by atoms with Gasteiger partial charge in [0.2, 0.25) is 0 Å². The molecule has 0 aromatic heterocycles. The molecule has 0 radical (unpaired) electrons. The molecule has 0 aromatic carbocycles. The lowest BCUT2D eigenvalue weighted by Crippen LogP contribution is -2.24. The third kappa shape index (κ3) is 3.69. The summed E-state index contributed by atoms with van der Waals surface area (Å²) in [6.45, 7) is 2.83. The zero-order valence-electron chi connectivity index (χ0n) is 7.03. The molecule has 0 N–H and O–H groups in total. The topological polar surface area (TPSA) is 44.8 Å². The van der Waals surface area contributed by atoms with Crippen molar-refractivity contribution in [2.45, 2.75) is 18.9 Å². The summed E-state index contributed by atoms with van der Waals surface area (Å²) in [4.78, 5) is 9.76. The van der Waals surface area contributed by atoms with E-state index in [0.29, 0.717) is 19.7 Å². The van der Waals surface area contributed by atoms with Gasteiger partial charge in [-0.2, -0.15) is 0 Å². The molecule has 0 atom stereocenters. The monoisotopic (exact) mass is 174 g/mol. The van der Waals surface area contributed by atoms with E-state index in [1.165, 1.54) is 0 Å². The average molecular weight is 174 g/mol. The SMILES string of the molecule is O=COCCOC1CCOCC1. The normalized spacial score (nSPS) is 19.0. The lowest BCUT2D eigenvalue weighted by Gasteiger charge is -2.21. The highest BCUT2D eigenvalue weighted by molar-refractivity contribution is 5.36. The Labute approximate surface area is 71.8 Å². The molecule has 0 amide bonds. The van der Waals surface area contributed by atoms with Gasteiger partial charge in [0, 0.05) is 13.2 Å². The van der Waals surface area contributed by atoms with Crippen LogP contribution >= 0.6 is 0 Å². The number of carbonyl (C=O) groups excluding carboxylic acids is 1. The first-order valence-electron chi connectivity index (χ1n) is 4.18. The molecule has 1 aliphatic heterocycles. The van der Waals surface area contributed by atoms with Crippen molar-refractivity contribution in [1.29, 1.82) is 0 Å². The van der Waals surface area contributed by atoms with E-state index in [0.717, 1.165) is 26.1 Å². The zero-order valence-corrected chi connectivity index (χ0v) is 7.03. The van der Waals surface area contributed by atoms with Gasteiger partial charge >= 0.3 is 0 Å². The van der Waals surface area contributed by atoms with Gasteiger partial charge in [-0.1, -0.05) is 0 Å². The van der Waals surface area contributed by atoms with Crippen LogP contribution in [0.25, 0.3) is 0 Å². The lowest BCUT2D eigenvalue weighted by atomic mass is 10.2. The Morgan fingerprint density at radius 2 is 2.08 bits per heavy atom. The molecule has 70 valence electrons. The van der Waals surface area contributed by atoms with Crippen LogP contribution in [0.1, 0.15) is 12.8 Å². The third-order valence-electron chi connectivity index (χ3n) is 1.79. The van der Waals surface area contributed by atoms with Crippen LogP contribution in [0.15, 0.2) is 0 Å². The highest BCUT2D eigenvalue weighted by Crippen LogP contribution is 2.09. The van der Waals surface area contributed by atoms with Gasteiger partial charge in [0.05, 0.1) is 12.7 Å². The van der Waals surface area contributed by atoms with Gasteiger partial charge in [-0.3, -0.25) is 4.79 Å². The fraction of sp³-hybridized carbons (Fsp3) is 0.875.